The molecule has 1 N–H and O–H groups in total. The molecule has 0 aromatic heterocycles. The summed E-state index contributed by atoms with van der Waals surface area (Å²) < 4.78 is 0. The first-order valence-electron chi connectivity index (χ1n) is 8.17. The van der Waals surface area contributed by atoms with Gasteiger partial charge in [-0.1, -0.05) is 34.1 Å². The average molecular weight is 283 g/mol. The van der Waals surface area contributed by atoms with Gasteiger partial charge < -0.3 is 5.11 Å². The van der Waals surface area contributed by atoms with Crippen molar-refractivity contribution in [1.29, 1.82) is 0 Å². The number of hydrogen-bond acceptors (Lipinski definition) is 2. The number of carbonyl (C=O) groups is 1. The number of hydrogen-bond donors (Lipinski definition) is 1. The number of aliphatic carboxylic acids is 1. The highest BCUT2D eigenvalue weighted by atomic mass is 16.4. The first kappa shape index (κ1) is 17.5. The molecule has 0 aromatic rings. The zero-order valence-electron chi connectivity index (χ0n) is 14.2. The lowest BCUT2D eigenvalue weighted by molar-refractivity contribution is -0.151. The van der Waals surface area contributed by atoms with Crippen LogP contribution in [0, 0.1) is 11.3 Å². The Morgan fingerprint density at radius 3 is 1.95 bits per heavy atom. The van der Waals surface area contributed by atoms with Gasteiger partial charge in [-0.15, -0.1) is 0 Å². The largest absolute Gasteiger partial charge is 0.480 e. The van der Waals surface area contributed by atoms with E-state index in [4.69, 9.17) is 0 Å². The van der Waals surface area contributed by atoms with Crippen molar-refractivity contribution in [3.63, 3.8) is 0 Å². The van der Waals surface area contributed by atoms with Crippen LogP contribution in [0.1, 0.15) is 73.6 Å². The Morgan fingerprint density at radius 1 is 1.10 bits per heavy atom. The van der Waals surface area contributed by atoms with E-state index in [2.05, 4.69) is 32.6 Å². The molecule has 0 heterocycles. The van der Waals surface area contributed by atoms with Crippen LogP contribution in [0.5, 0.6) is 0 Å². The highest BCUT2D eigenvalue weighted by molar-refractivity contribution is 5.77. The topological polar surface area (TPSA) is 40.5 Å². The molecule has 1 aliphatic rings. The Kier molecular flexibility index (Phi) is 5.65. The Labute approximate surface area is 124 Å². The second-order valence-electron chi connectivity index (χ2n) is 7.50. The Balaban J connectivity index is 2.70. The first-order valence-corrected chi connectivity index (χ1v) is 8.17. The van der Waals surface area contributed by atoms with E-state index in [1.165, 1.54) is 19.3 Å². The lowest BCUT2D eigenvalue weighted by Gasteiger charge is -2.46. The van der Waals surface area contributed by atoms with Gasteiger partial charge in [0.1, 0.15) is 5.54 Å². The fraction of sp³-hybridized carbons (Fsp3) is 0.941. The van der Waals surface area contributed by atoms with Gasteiger partial charge in [0.05, 0.1) is 0 Å². The second-order valence-corrected chi connectivity index (χ2v) is 7.50. The molecular formula is C17H33NO2. The Morgan fingerprint density at radius 2 is 1.60 bits per heavy atom. The van der Waals surface area contributed by atoms with Crippen molar-refractivity contribution < 1.29 is 9.90 Å². The minimum Gasteiger partial charge on any atom is -0.480 e. The zero-order valence-corrected chi connectivity index (χ0v) is 14.2. The van der Waals surface area contributed by atoms with Gasteiger partial charge in [0, 0.05) is 6.04 Å². The van der Waals surface area contributed by atoms with Crippen molar-refractivity contribution in [1.82, 2.24) is 4.90 Å². The van der Waals surface area contributed by atoms with Crippen LogP contribution in [0.25, 0.3) is 0 Å². The van der Waals surface area contributed by atoms with Crippen molar-refractivity contribution in [2.24, 2.45) is 11.3 Å². The lowest BCUT2D eigenvalue weighted by Crippen LogP contribution is -2.55. The quantitative estimate of drug-likeness (QED) is 0.795. The van der Waals surface area contributed by atoms with E-state index in [-0.39, 0.29) is 0 Å². The fourth-order valence-corrected chi connectivity index (χ4v) is 3.69. The molecule has 1 rings (SSSR count). The van der Waals surface area contributed by atoms with Crippen molar-refractivity contribution in [3.05, 3.63) is 0 Å². The third-order valence-corrected chi connectivity index (χ3v) is 5.74. The van der Waals surface area contributed by atoms with E-state index in [0.29, 0.717) is 11.5 Å². The van der Waals surface area contributed by atoms with Crippen LogP contribution < -0.4 is 0 Å². The molecular weight excluding hydrogens is 250 g/mol. The fourth-order valence-electron chi connectivity index (χ4n) is 3.69. The molecule has 20 heavy (non-hydrogen) atoms. The molecule has 3 heteroatoms. The number of likely N-dealkylation sites (N-methyl/N-ethyl adjacent to an activating group) is 1. The molecule has 0 radical (unpaired) electrons. The molecule has 0 unspecified atom stereocenters. The molecule has 0 aliphatic heterocycles. The summed E-state index contributed by atoms with van der Waals surface area (Å²) in [6, 6.07) is 0.426. The van der Waals surface area contributed by atoms with Crippen molar-refractivity contribution in [2.75, 3.05) is 6.54 Å². The summed E-state index contributed by atoms with van der Waals surface area (Å²) in [5, 5.41) is 9.45. The van der Waals surface area contributed by atoms with Gasteiger partial charge >= 0.3 is 5.97 Å². The normalized spacial score (nSPS) is 24.9. The summed E-state index contributed by atoms with van der Waals surface area (Å²) in [4.78, 5) is 13.7. The highest BCUT2D eigenvalue weighted by Crippen LogP contribution is 2.42. The van der Waals surface area contributed by atoms with Gasteiger partial charge in [-0.05, 0) is 57.4 Å². The zero-order chi connectivity index (χ0) is 15.6. The van der Waals surface area contributed by atoms with Gasteiger partial charge in [0.15, 0.2) is 0 Å². The number of rotatable bonds is 6. The summed E-state index contributed by atoms with van der Waals surface area (Å²) in [5.74, 6) is 0.0748. The van der Waals surface area contributed by atoms with Gasteiger partial charge in [-0.3, -0.25) is 9.69 Å². The second kappa shape index (κ2) is 6.46. The maximum atomic E-state index is 11.5. The van der Waals surface area contributed by atoms with Crippen LogP contribution in [0.15, 0.2) is 0 Å². The molecule has 1 aliphatic carbocycles. The third-order valence-electron chi connectivity index (χ3n) is 5.74. The smallest absolute Gasteiger partial charge is 0.323 e. The van der Waals surface area contributed by atoms with E-state index in [9.17, 15) is 9.90 Å². The van der Waals surface area contributed by atoms with E-state index >= 15 is 0 Å². The lowest BCUT2D eigenvalue weighted by atomic mass is 9.68. The Bertz CT molecular complexity index is 328. The van der Waals surface area contributed by atoms with E-state index < -0.39 is 11.5 Å². The third kappa shape index (κ3) is 3.55. The molecule has 1 fully saturated rings. The summed E-state index contributed by atoms with van der Waals surface area (Å²) in [6.45, 7) is 13.6. The molecule has 0 amide bonds. The molecule has 0 saturated heterocycles. The molecule has 0 aromatic carbocycles. The molecule has 0 spiro atoms. The van der Waals surface area contributed by atoms with Crippen LogP contribution in [0.3, 0.4) is 0 Å². The molecule has 1 saturated carbocycles. The number of carboxylic acid groups (broad SMARTS) is 1. The summed E-state index contributed by atoms with van der Waals surface area (Å²) in [7, 11) is 0. The van der Waals surface area contributed by atoms with Crippen LogP contribution in [-0.4, -0.2) is 34.1 Å². The van der Waals surface area contributed by atoms with Crippen molar-refractivity contribution in [3.8, 4) is 0 Å². The molecule has 118 valence electrons. The van der Waals surface area contributed by atoms with Gasteiger partial charge in [0.25, 0.3) is 0 Å². The summed E-state index contributed by atoms with van der Waals surface area (Å²) in [6.07, 6.45) is 5.97. The maximum absolute atomic E-state index is 11.5. The minimum atomic E-state index is -0.757. The van der Waals surface area contributed by atoms with Gasteiger partial charge in [-0.25, -0.2) is 0 Å². The van der Waals surface area contributed by atoms with Crippen LogP contribution >= 0.6 is 0 Å². The maximum Gasteiger partial charge on any atom is 0.323 e. The minimum absolute atomic E-state index is 0.421. The predicted molar refractivity (Wildman–Crippen MR) is 83.9 cm³/mol. The van der Waals surface area contributed by atoms with Gasteiger partial charge in [0.2, 0.25) is 0 Å². The summed E-state index contributed by atoms with van der Waals surface area (Å²) >= 11 is 0. The van der Waals surface area contributed by atoms with Crippen molar-refractivity contribution >= 4 is 5.97 Å². The van der Waals surface area contributed by atoms with E-state index in [1.54, 1.807) is 0 Å². The molecule has 0 atom stereocenters. The van der Waals surface area contributed by atoms with Crippen molar-refractivity contribution in [2.45, 2.75) is 85.2 Å². The Hall–Kier alpha value is -0.570. The van der Waals surface area contributed by atoms with E-state index in [1.807, 2.05) is 13.8 Å². The van der Waals surface area contributed by atoms with Crippen LogP contribution in [0.4, 0.5) is 0 Å². The predicted octanol–water partition coefficient (Wildman–Crippen LogP) is 4.17. The monoisotopic (exact) mass is 283 g/mol. The highest BCUT2D eigenvalue weighted by Gasteiger charge is 2.40. The number of nitrogens with zero attached hydrogens (tertiary/aromatic N) is 1. The SMILES string of the molecule is CCN(C1CCC(C(C)(C)CC)CC1)C(C)(C)C(=O)O. The molecule has 0 bridgehead atoms. The standard InChI is InChI=1S/C17H33NO2/c1-7-16(3,4)13-9-11-14(12-10-13)18(8-2)17(5,6)15(19)20/h13-14H,7-12H2,1-6H3,(H,19,20). The number of carboxylic acids is 1. The average Bonchev–Trinajstić information content (AvgIpc) is 2.39. The summed E-state index contributed by atoms with van der Waals surface area (Å²) in [5.41, 5.74) is -0.336. The first-order chi connectivity index (χ1) is 9.16. The molecule has 3 nitrogen and oxygen atoms in total. The van der Waals surface area contributed by atoms with Gasteiger partial charge in [-0.2, -0.15) is 0 Å². The van der Waals surface area contributed by atoms with Crippen LogP contribution in [0.2, 0.25) is 0 Å². The van der Waals surface area contributed by atoms with Crippen LogP contribution in [-0.2, 0) is 4.79 Å². The van der Waals surface area contributed by atoms with E-state index in [0.717, 1.165) is 25.3 Å².